The molecule has 4 rings (SSSR count). The average Bonchev–Trinajstić information content (AvgIpc) is 3.40. The van der Waals surface area contributed by atoms with E-state index in [1.54, 1.807) is 35.2 Å². The number of carbonyl (C=O) groups is 2. The van der Waals surface area contributed by atoms with Gasteiger partial charge in [-0.3, -0.25) is 4.79 Å². The van der Waals surface area contributed by atoms with Crippen molar-refractivity contribution in [2.24, 2.45) is 5.92 Å². The Labute approximate surface area is 193 Å². The highest BCUT2D eigenvalue weighted by molar-refractivity contribution is 7.16. The maximum absolute atomic E-state index is 12.6. The van der Waals surface area contributed by atoms with Gasteiger partial charge in [0.1, 0.15) is 12.0 Å². The maximum atomic E-state index is 12.6. The van der Waals surface area contributed by atoms with Gasteiger partial charge >= 0.3 is 4.94 Å². The number of hydrogen-bond acceptors (Lipinski definition) is 8. The van der Waals surface area contributed by atoms with Gasteiger partial charge in [-0.15, -0.1) is 11.7 Å². The van der Waals surface area contributed by atoms with E-state index in [0.29, 0.717) is 48.6 Å². The molecule has 1 atom stereocenters. The van der Waals surface area contributed by atoms with Crippen LogP contribution in [-0.4, -0.2) is 39.8 Å². The van der Waals surface area contributed by atoms with Gasteiger partial charge in [-0.1, -0.05) is 28.7 Å². The van der Waals surface area contributed by atoms with Crippen LogP contribution >= 0.6 is 11.3 Å². The molecule has 1 fully saturated rings. The molecule has 0 spiro atoms. The lowest BCUT2D eigenvalue weighted by molar-refractivity contribution is -0.109. The van der Waals surface area contributed by atoms with Crippen molar-refractivity contribution in [2.45, 2.75) is 38.1 Å². The summed E-state index contributed by atoms with van der Waals surface area (Å²) in [6.07, 6.45) is 9.51. The quantitative estimate of drug-likeness (QED) is 0.246. The number of benzene rings is 1. The molecule has 172 valence electrons. The summed E-state index contributed by atoms with van der Waals surface area (Å²) in [4.78, 5) is 34.6. The predicted molar refractivity (Wildman–Crippen MR) is 124 cm³/mol. The molecule has 10 heteroatoms. The molecule has 0 bridgehead atoms. The maximum Gasteiger partial charge on any atom is 0.396 e. The van der Waals surface area contributed by atoms with Crippen LogP contribution in [0.3, 0.4) is 0 Å². The van der Waals surface area contributed by atoms with Crippen molar-refractivity contribution in [3.63, 3.8) is 0 Å². The van der Waals surface area contributed by atoms with E-state index in [1.807, 2.05) is 6.08 Å². The Kier molecular flexibility index (Phi) is 7.13. The zero-order chi connectivity index (χ0) is 23.2. The van der Waals surface area contributed by atoms with E-state index in [-0.39, 0.29) is 22.8 Å². The largest absolute Gasteiger partial charge is 0.493 e. The summed E-state index contributed by atoms with van der Waals surface area (Å²) in [5.41, 5.74) is 1.47. The first-order valence-corrected chi connectivity index (χ1v) is 11.5. The molecule has 2 heterocycles. The van der Waals surface area contributed by atoms with E-state index in [9.17, 15) is 14.4 Å². The number of amides is 1. The first-order valence-electron chi connectivity index (χ1n) is 10.7. The second kappa shape index (κ2) is 10.4. The Bertz CT molecular complexity index is 1230. The summed E-state index contributed by atoms with van der Waals surface area (Å²) >= 11 is 1.05. The highest BCUT2D eigenvalue weighted by Crippen LogP contribution is 2.23. The molecule has 1 aliphatic carbocycles. The van der Waals surface area contributed by atoms with Gasteiger partial charge in [0.2, 0.25) is 0 Å². The Hall–Kier alpha value is -3.53. The second-order valence-electron chi connectivity index (χ2n) is 7.75. The van der Waals surface area contributed by atoms with Crippen molar-refractivity contribution in [1.82, 2.24) is 20.3 Å². The summed E-state index contributed by atoms with van der Waals surface area (Å²) in [6, 6.07) is 5.49. The number of carbonyl (C=O) groups excluding carboxylic acids is 2. The van der Waals surface area contributed by atoms with Gasteiger partial charge < -0.3 is 19.3 Å². The number of aromatic nitrogens is 3. The van der Waals surface area contributed by atoms with Gasteiger partial charge in [0, 0.05) is 24.2 Å². The average molecular weight is 469 g/mol. The summed E-state index contributed by atoms with van der Waals surface area (Å²) in [6.45, 7) is 4.03. The van der Waals surface area contributed by atoms with Gasteiger partial charge in [-0.25, -0.2) is 9.48 Å². The summed E-state index contributed by atoms with van der Waals surface area (Å²) in [5.74, 6) is 0.0960. The fourth-order valence-electron chi connectivity index (χ4n) is 3.22. The van der Waals surface area contributed by atoms with E-state index in [4.69, 9.17) is 9.15 Å². The van der Waals surface area contributed by atoms with Crippen molar-refractivity contribution in [3.8, 4) is 5.75 Å². The van der Waals surface area contributed by atoms with Crippen LogP contribution in [-0.2, 0) is 11.2 Å². The number of nitrogens with zero attached hydrogens (tertiary/aromatic N) is 3. The fraction of sp³-hybridized carbons (Fsp3) is 0.348. The highest BCUT2D eigenvalue weighted by Gasteiger charge is 2.27. The number of rotatable bonds is 12. The molecule has 2 aromatic heterocycles. The minimum Gasteiger partial charge on any atom is -0.493 e. The molecule has 0 aliphatic heterocycles. The molecule has 1 aromatic carbocycles. The number of allylic oxidation sites excluding steroid dienone is 2. The third-order valence-corrected chi connectivity index (χ3v) is 5.99. The van der Waals surface area contributed by atoms with Gasteiger partial charge in [-0.05, 0) is 44.2 Å². The minimum absolute atomic E-state index is 0.211. The number of aldehydes is 1. The SMILES string of the molecule is C=CC(C=O)C/C=C/n1nnc(C(=O)NC2CC2)c1CCCOc1ccc2sc(=O)oc2c1. The molecule has 0 radical (unpaired) electrons. The Morgan fingerprint density at radius 3 is 3.03 bits per heavy atom. The molecular formula is C23H24N4O5S. The van der Waals surface area contributed by atoms with Crippen LogP contribution in [0.15, 0.2) is 46.1 Å². The van der Waals surface area contributed by atoms with Gasteiger partial charge in [0.05, 0.1) is 17.0 Å². The van der Waals surface area contributed by atoms with Crippen LogP contribution in [0.4, 0.5) is 0 Å². The third-order valence-electron chi connectivity index (χ3n) is 5.18. The number of ether oxygens (including phenoxy) is 1. The Morgan fingerprint density at radius 1 is 1.42 bits per heavy atom. The van der Waals surface area contributed by atoms with Crippen molar-refractivity contribution < 1.29 is 18.7 Å². The zero-order valence-electron chi connectivity index (χ0n) is 17.9. The first kappa shape index (κ1) is 22.7. The standard InChI is InChI=1S/C23H24N4O5S/c1-2-15(14-28)5-3-11-27-18(21(25-26-27)22(29)24-16-7-8-16)6-4-12-31-17-9-10-20-19(13-17)32-23(30)33-20/h2-3,9-11,13-16H,1,4-8,12H2,(H,24,29)/b11-3+. The fourth-order valence-corrected chi connectivity index (χ4v) is 3.87. The van der Waals surface area contributed by atoms with E-state index in [2.05, 4.69) is 22.2 Å². The van der Waals surface area contributed by atoms with Crippen LogP contribution in [0.1, 0.15) is 41.9 Å². The van der Waals surface area contributed by atoms with E-state index >= 15 is 0 Å². The predicted octanol–water partition coefficient (Wildman–Crippen LogP) is 3.21. The van der Waals surface area contributed by atoms with Crippen molar-refractivity contribution in [2.75, 3.05) is 6.61 Å². The summed E-state index contributed by atoms with van der Waals surface area (Å²) < 4.78 is 13.3. The molecule has 0 saturated heterocycles. The lowest BCUT2D eigenvalue weighted by Crippen LogP contribution is -2.27. The van der Waals surface area contributed by atoms with Gasteiger partial charge in [0.25, 0.3) is 5.91 Å². The molecule has 3 aromatic rings. The van der Waals surface area contributed by atoms with Gasteiger partial charge in [0.15, 0.2) is 11.3 Å². The molecule has 9 nitrogen and oxygen atoms in total. The third kappa shape index (κ3) is 5.83. The van der Waals surface area contributed by atoms with E-state index in [1.165, 1.54) is 0 Å². The lowest BCUT2D eigenvalue weighted by Gasteiger charge is -2.08. The number of hydrogen-bond donors (Lipinski definition) is 1. The van der Waals surface area contributed by atoms with Crippen molar-refractivity contribution >= 4 is 40.0 Å². The molecule has 1 N–H and O–H groups in total. The topological polar surface area (TPSA) is 116 Å². The Morgan fingerprint density at radius 2 is 2.27 bits per heavy atom. The lowest BCUT2D eigenvalue weighted by atomic mass is 10.1. The molecule has 1 unspecified atom stereocenters. The smallest absolute Gasteiger partial charge is 0.396 e. The zero-order valence-corrected chi connectivity index (χ0v) is 18.8. The summed E-state index contributed by atoms with van der Waals surface area (Å²) in [7, 11) is 0. The van der Waals surface area contributed by atoms with Crippen LogP contribution in [0, 0.1) is 5.92 Å². The molecule has 1 amide bonds. The number of nitrogens with one attached hydrogen (secondary N) is 1. The molecule has 1 saturated carbocycles. The normalized spacial score (nSPS) is 14.4. The second-order valence-corrected chi connectivity index (χ2v) is 8.73. The molecule has 1 aliphatic rings. The van der Waals surface area contributed by atoms with Gasteiger partial charge in [-0.2, -0.15) is 0 Å². The monoisotopic (exact) mass is 468 g/mol. The Balaban J connectivity index is 1.41. The van der Waals surface area contributed by atoms with Crippen LogP contribution in [0.5, 0.6) is 5.75 Å². The van der Waals surface area contributed by atoms with Crippen molar-refractivity contribution in [1.29, 1.82) is 0 Å². The van der Waals surface area contributed by atoms with Crippen molar-refractivity contribution in [3.05, 3.63) is 58.1 Å². The minimum atomic E-state index is -0.347. The number of fused-ring (bicyclic) bond motifs is 1. The molecular weight excluding hydrogens is 444 g/mol. The van der Waals surface area contributed by atoms with E-state index < -0.39 is 0 Å². The summed E-state index contributed by atoms with van der Waals surface area (Å²) in [5, 5.41) is 11.1. The first-order chi connectivity index (χ1) is 16.1. The highest BCUT2D eigenvalue weighted by atomic mass is 32.1. The van der Waals surface area contributed by atoms with Crippen LogP contribution < -0.4 is 15.0 Å². The van der Waals surface area contributed by atoms with Crippen LogP contribution in [0.25, 0.3) is 16.5 Å². The van der Waals surface area contributed by atoms with E-state index in [0.717, 1.165) is 35.2 Å². The molecule has 33 heavy (non-hydrogen) atoms. The van der Waals surface area contributed by atoms with Crippen LogP contribution in [0.2, 0.25) is 0 Å².